The maximum atomic E-state index is 3.66. The summed E-state index contributed by atoms with van der Waals surface area (Å²) in [5.41, 5.74) is 2.93. The normalized spacial score (nSPS) is 23.5. The molecule has 4 rings (SSSR count). The molecular formula is C18H27N3. The highest BCUT2D eigenvalue weighted by Crippen LogP contribution is 2.30. The van der Waals surface area contributed by atoms with E-state index in [2.05, 4.69) is 39.4 Å². The summed E-state index contributed by atoms with van der Waals surface area (Å²) in [7, 11) is 0. The van der Waals surface area contributed by atoms with Crippen LogP contribution < -0.4 is 10.2 Å². The summed E-state index contributed by atoms with van der Waals surface area (Å²) in [6, 6.07) is 9.75. The smallest absolute Gasteiger partial charge is 0.0412 e. The van der Waals surface area contributed by atoms with Gasteiger partial charge in [-0.15, -0.1) is 0 Å². The van der Waals surface area contributed by atoms with Crippen molar-refractivity contribution in [3.05, 3.63) is 29.8 Å². The summed E-state index contributed by atoms with van der Waals surface area (Å²) in [5, 5.41) is 3.66. The first-order chi connectivity index (χ1) is 10.4. The number of nitrogens with zero attached hydrogens (tertiary/aromatic N) is 2. The van der Waals surface area contributed by atoms with Gasteiger partial charge in [-0.2, -0.15) is 0 Å². The van der Waals surface area contributed by atoms with Gasteiger partial charge in [0.1, 0.15) is 0 Å². The molecule has 0 radical (unpaired) electrons. The third kappa shape index (κ3) is 3.58. The third-order valence-corrected chi connectivity index (χ3v) is 5.08. The molecule has 0 spiro atoms. The highest BCUT2D eigenvalue weighted by molar-refractivity contribution is 5.54. The Hall–Kier alpha value is -1.06. The highest BCUT2D eigenvalue weighted by atomic mass is 15.3. The molecule has 3 fully saturated rings. The van der Waals surface area contributed by atoms with Crippen LogP contribution in [0.25, 0.3) is 0 Å². The molecule has 2 aliphatic carbocycles. The second-order valence-electron chi connectivity index (χ2n) is 7.01. The number of hydrogen-bond acceptors (Lipinski definition) is 3. The predicted octanol–water partition coefficient (Wildman–Crippen LogP) is 2.47. The van der Waals surface area contributed by atoms with Crippen molar-refractivity contribution >= 4 is 5.69 Å². The lowest BCUT2D eigenvalue weighted by molar-refractivity contribution is 0.248. The van der Waals surface area contributed by atoms with Gasteiger partial charge in [-0.3, -0.25) is 4.90 Å². The second kappa shape index (κ2) is 5.98. The fourth-order valence-electron chi connectivity index (χ4n) is 3.35. The van der Waals surface area contributed by atoms with Crippen molar-refractivity contribution in [2.24, 2.45) is 5.92 Å². The Morgan fingerprint density at radius 3 is 2.43 bits per heavy atom. The SMILES string of the molecule is c1ccc(N2CCN(CC3CC3)CC2)c(CNC2CC2)c1. The van der Waals surface area contributed by atoms with Crippen molar-refractivity contribution in [2.45, 2.75) is 38.3 Å². The lowest BCUT2D eigenvalue weighted by Crippen LogP contribution is -2.47. The molecule has 3 nitrogen and oxygen atoms in total. The van der Waals surface area contributed by atoms with E-state index < -0.39 is 0 Å². The quantitative estimate of drug-likeness (QED) is 0.866. The Kier molecular flexibility index (Phi) is 3.87. The maximum absolute atomic E-state index is 3.66. The van der Waals surface area contributed by atoms with Crippen LogP contribution in [0.2, 0.25) is 0 Å². The molecule has 0 atom stereocenters. The van der Waals surface area contributed by atoms with Gasteiger partial charge in [0, 0.05) is 51.0 Å². The average Bonchev–Trinajstić information content (AvgIpc) is 3.42. The minimum absolute atomic E-state index is 0.786. The average molecular weight is 285 g/mol. The first-order valence-corrected chi connectivity index (χ1v) is 8.67. The number of anilines is 1. The minimum Gasteiger partial charge on any atom is -0.369 e. The van der Waals surface area contributed by atoms with E-state index in [1.165, 1.54) is 69.7 Å². The van der Waals surface area contributed by atoms with Crippen LogP contribution in [-0.4, -0.2) is 43.7 Å². The van der Waals surface area contributed by atoms with E-state index in [-0.39, 0.29) is 0 Å². The van der Waals surface area contributed by atoms with E-state index in [1.54, 1.807) is 0 Å². The van der Waals surface area contributed by atoms with Gasteiger partial charge in [0.25, 0.3) is 0 Å². The van der Waals surface area contributed by atoms with E-state index in [0.29, 0.717) is 0 Å². The van der Waals surface area contributed by atoms with E-state index in [4.69, 9.17) is 0 Å². The lowest BCUT2D eigenvalue weighted by atomic mass is 10.1. The van der Waals surface area contributed by atoms with Crippen molar-refractivity contribution in [1.82, 2.24) is 10.2 Å². The Morgan fingerprint density at radius 2 is 1.71 bits per heavy atom. The topological polar surface area (TPSA) is 18.5 Å². The lowest BCUT2D eigenvalue weighted by Gasteiger charge is -2.37. The molecule has 1 aliphatic heterocycles. The first kappa shape index (κ1) is 13.6. The summed E-state index contributed by atoms with van der Waals surface area (Å²) in [6.07, 6.45) is 5.66. The number of piperazine rings is 1. The molecule has 1 N–H and O–H groups in total. The second-order valence-corrected chi connectivity index (χ2v) is 7.01. The molecule has 1 heterocycles. The van der Waals surface area contributed by atoms with Gasteiger partial charge in [-0.05, 0) is 43.2 Å². The molecular weight excluding hydrogens is 258 g/mol. The molecule has 1 aromatic rings. The van der Waals surface area contributed by atoms with E-state index in [0.717, 1.165) is 18.5 Å². The van der Waals surface area contributed by atoms with Gasteiger partial charge in [-0.25, -0.2) is 0 Å². The molecule has 1 saturated heterocycles. The molecule has 2 saturated carbocycles. The molecule has 0 amide bonds. The largest absolute Gasteiger partial charge is 0.369 e. The van der Waals surface area contributed by atoms with Crippen molar-refractivity contribution in [1.29, 1.82) is 0 Å². The van der Waals surface area contributed by atoms with Crippen LogP contribution in [0.3, 0.4) is 0 Å². The Bertz CT molecular complexity index is 471. The van der Waals surface area contributed by atoms with Gasteiger partial charge in [-0.1, -0.05) is 18.2 Å². The summed E-state index contributed by atoms with van der Waals surface area (Å²) in [4.78, 5) is 5.26. The third-order valence-electron chi connectivity index (χ3n) is 5.08. The molecule has 0 bridgehead atoms. The van der Waals surface area contributed by atoms with Gasteiger partial charge in [0.15, 0.2) is 0 Å². The van der Waals surface area contributed by atoms with Gasteiger partial charge in [0.2, 0.25) is 0 Å². The van der Waals surface area contributed by atoms with Gasteiger partial charge < -0.3 is 10.2 Å². The van der Waals surface area contributed by atoms with Crippen LogP contribution in [-0.2, 0) is 6.54 Å². The molecule has 21 heavy (non-hydrogen) atoms. The molecule has 0 unspecified atom stereocenters. The Balaban J connectivity index is 1.36. The van der Waals surface area contributed by atoms with Crippen LogP contribution in [0.5, 0.6) is 0 Å². The van der Waals surface area contributed by atoms with Crippen LogP contribution in [0.4, 0.5) is 5.69 Å². The van der Waals surface area contributed by atoms with Crippen molar-refractivity contribution in [3.63, 3.8) is 0 Å². The molecule has 1 aromatic carbocycles. The van der Waals surface area contributed by atoms with E-state index >= 15 is 0 Å². The zero-order valence-corrected chi connectivity index (χ0v) is 12.9. The van der Waals surface area contributed by atoms with Crippen LogP contribution in [0.1, 0.15) is 31.2 Å². The minimum atomic E-state index is 0.786. The predicted molar refractivity (Wildman–Crippen MR) is 87.7 cm³/mol. The fourth-order valence-corrected chi connectivity index (χ4v) is 3.35. The van der Waals surface area contributed by atoms with E-state index in [1.807, 2.05) is 0 Å². The van der Waals surface area contributed by atoms with Gasteiger partial charge >= 0.3 is 0 Å². The van der Waals surface area contributed by atoms with Crippen molar-refractivity contribution < 1.29 is 0 Å². The van der Waals surface area contributed by atoms with Crippen LogP contribution >= 0.6 is 0 Å². The monoisotopic (exact) mass is 285 g/mol. The summed E-state index contributed by atoms with van der Waals surface area (Å²) in [5.74, 6) is 1.02. The molecule has 3 heteroatoms. The number of benzene rings is 1. The zero-order chi connectivity index (χ0) is 14.1. The standard InChI is InChI=1S/C18H27N3/c1-2-4-18(16(3-1)13-19-17-7-8-17)21-11-9-20(10-12-21)14-15-5-6-15/h1-4,15,17,19H,5-14H2. The Morgan fingerprint density at radius 1 is 0.952 bits per heavy atom. The summed E-state index contributed by atoms with van der Waals surface area (Å²) >= 11 is 0. The molecule has 114 valence electrons. The van der Waals surface area contributed by atoms with Crippen LogP contribution in [0.15, 0.2) is 24.3 Å². The first-order valence-electron chi connectivity index (χ1n) is 8.67. The van der Waals surface area contributed by atoms with Crippen molar-refractivity contribution in [2.75, 3.05) is 37.6 Å². The molecule has 3 aliphatic rings. The number of para-hydroxylation sites is 1. The number of hydrogen-bond donors (Lipinski definition) is 1. The van der Waals surface area contributed by atoms with Crippen LogP contribution in [0, 0.1) is 5.92 Å². The summed E-state index contributed by atoms with van der Waals surface area (Å²) < 4.78 is 0. The van der Waals surface area contributed by atoms with E-state index in [9.17, 15) is 0 Å². The fraction of sp³-hybridized carbons (Fsp3) is 0.667. The summed E-state index contributed by atoms with van der Waals surface area (Å²) in [6.45, 7) is 7.23. The number of rotatable bonds is 6. The number of nitrogens with one attached hydrogen (secondary N) is 1. The zero-order valence-electron chi connectivity index (χ0n) is 12.9. The maximum Gasteiger partial charge on any atom is 0.0412 e. The highest BCUT2D eigenvalue weighted by Gasteiger charge is 2.27. The molecule has 0 aromatic heterocycles. The van der Waals surface area contributed by atoms with Crippen molar-refractivity contribution in [3.8, 4) is 0 Å². The van der Waals surface area contributed by atoms with Gasteiger partial charge in [0.05, 0.1) is 0 Å². The Labute approximate surface area is 128 Å².